The molecule has 2 aromatic carbocycles. The highest BCUT2D eigenvalue weighted by Crippen LogP contribution is 2.21. The van der Waals surface area contributed by atoms with Gasteiger partial charge in [0.05, 0.1) is 6.54 Å². The molecule has 1 atom stereocenters. The Morgan fingerprint density at radius 3 is 2.60 bits per heavy atom. The van der Waals surface area contributed by atoms with Gasteiger partial charge in [0.2, 0.25) is 0 Å². The lowest BCUT2D eigenvalue weighted by atomic mass is 10.2. The van der Waals surface area contributed by atoms with Gasteiger partial charge in [-0.1, -0.05) is 30.3 Å². The Balaban J connectivity index is 0.00000450. The van der Waals surface area contributed by atoms with E-state index in [-0.39, 0.29) is 49.4 Å². The third-order valence-electron chi connectivity index (χ3n) is 3.88. The highest BCUT2D eigenvalue weighted by molar-refractivity contribution is 14.0. The SMILES string of the molecule is CCNC(=NCc1ccccc1OC(F)F)NCC(O)COc1cccc(C)c1.I. The molecule has 2 aromatic rings. The maximum atomic E-state index is 12.5. The van der Waals surface area contributed by atoms with Gasteiger partial charge in [0, 0.05) is 18.7 Å². The van der Waals surface area contributed by atoms with Gasteiger partial charge < -0.3 is 25.2 Å². The van der Waals surface area contributed by atoms with Crippen molar-refractivity contribution in [2.75, 3.05) is 19.7 Å². The molecule has 0 aromatic heterocycles. The van der Waals surface area contributed by atoms with Gasteiger partial charge in [0.25, 0.3) is 0 Å². The van der Waals surface area contributed by atoms with Crippen LogP contribution in [0.1, 0.15) is 18.1 Å². The summed E-state index contributed by atoms with van der Waals surface area (Å²) in [5.41, 5.74) is 1.61. The van der Waals surface area contributed by atoms with Crippen molar-refractivity contribution in [3.05, 3.63) is 59.7 Å². The smallest absolute Gasteiger partial charge is 0.387 e. The molecule has 3 N–H and O–H groups in total. The van der Waals surface area contributed by atoms with Gasteiger partial charge in [-0.2, -0.15) is 8.78 Å². The Bertz CT molecular complexity index is 794. The summed E-state index contributed by atoms with van der Waals surface area (Å²) in [6.07, 6.45) is -0.756. The molecule has 0 aliphatic rings. The van der Waals surface area contributed by atoms with E-state index >= 15 is 0 Å². The molecule has 0 saturated carbocycles. The third-order valence-corrected chi connectivity index (χ3v) is 3.88. The molecule has 0 amide bonds. The minimum absolute atomic E-state index is 0. The second kappa shape index (κ2) is 14.0. The predicted octanol–water partition coefficient (Wildman–Crippen LogP) is 3.71. The average molecular weight is 535 g/mol. The van der Waals surface area contributed by atoms with E-state index in [0.29, 0.717) is 23.8 Å². The fraction of sp³-hybridized carbons (Fsp3) is 0.381. The zero-order valence-electron chi connectivity index (χ0n) is 17.0. The number of para-hydroxylation sites is 1. The van der Waals surface area contributed by atoms with Crippen LogP contribution in [0.2, 0.25) is 0 Å². The summed E-state index contributed by atoms with van der Waals surface area (Å²) in [6, 6.07) is 14.1. The third kappa shape index (κ3) is 9.57. The van der Waals surface area contributed by atoms with Crippen LogP contribution in [0.15, 0.2) is 53.5 Å². The van der Waals surface area contributed by atoms with Crippen molar-refractivity contribution in [3.8, 4) is 11.5 Å². The van der Waals surface area contributed by atoms with E-state index < -0.39 is 12.7 Å². The molecule has 1 unspecified atom stereocenters. The molecule has 2 rings (SSSR count). The van der Waals surface area contributed by atoms with E-state index in [4.69, 9.17) is 4.74 Å². The van der Waals surface area contributed by atoms with E-state index in [2.05, 4.69) is 20.4 Å². The van der Waals surface area contributed by atoms with Crippen LogP contribution in [0.4, 0.5) is 8.78 Å². The van der Waals surface area contributed by atoms with E-state index in [1.54, 1.807) is 18.2 Å². The maximum absolute atomic E-state index is 12.5. The molecule has 166 valence electrons. The number of halogens is 3. The van der Waals surface area contributed by atoms with Gasteiger partial charge in [-0.3, -0.25) is 0 Å². The fourth-order valence-corrected chi connectivity index (χ4v) is 2.52. The minimum Gasteiger partial charge on any atom is -0.491 e. The first-order chi connectivity index (χ1) is 14.0. The van der Waals surface area contributed by atoms with E-state index in [0.717, 1.165) is 5.56 Å². The number of hydrogen-bond donors (Lipinski definition) is 3. The summed E-state index contributed by atoms with van der Waals surface area (Å²) in [4.78, 5) is 4.37. The Hall–Kier alpha value is -2.14. The molecule has 0 bridgehead atoms. The first kappa shape index (κ1) is 25.9. The number of hydrogen-bond acceptors (Lipinski definition) is 4. The van der Waals surface area contributed by atoms with E-state index in [1.807, 2.05) is 38.1 Å². The van der Waals surface area contributed by atoms with Gasteiger partial charge in [-0.15, -0.1) is 24.0 Å². The second-order valence-electron chi connectivity index (χ2n) is 6.34. The van der Waals surface area contributed by atoms with Crippen molar-refractivity contribution < 1.29 is 23.4 Å². The van der Waals surface area contributed by atoms with Crippen LogP contribution < -0.4 is 20.1 Å². The summed E-state index contributed by atoms with van der Waals surface area (Å²) >= 11 is 0. The van der Waals surface area contributed by atoms with Gasteiger partial charge in [-0.25, -0.2) is 4.99 Å². The van der Waals surface area contributed by atoms with E-state index in [1.165, 1.54) is 6.07 Å². The molecule has 0 aliphatic carbocycles. The van der Waals surface area contributed by atoms with Crippen LogP contribution >= 0.6 is 24.0 Å². The first-order valence-electron chi connectivity index (χ1n) is 9.40. The van der Waals surface area contributed by atoms with Crippen LogP contribution in [0.5, 0.6) is 11.5 Å². The lowest BCUT2D eigenvalue weighted by Gasteiger charge is -2.16. The van der Waals surface area contributed by atoms with Gasteiger partial charge in [-0.05, 0) is 37.6 Å². The summed E-state index contributed by atoms with van der Waals surface area (Å²) < 4.78 is 35.2. The lowest BCUT2D eigenvalue weighted by molar-refractivity contribution is -0.0504. The van der Waals surface area contributed by atoms with Crippen LogP contribution in [0.25, 0.3) is 0 Å². The molecule has 9 heteroatoms. The Morgan fingerprint density at radius 1 is 1.13 bits per heavy atom. The fourth-order valence-electron chi connectivity index (χ4n) is 2.52. The molecule has 0 heterocycles. The van der Waals surface area contributed by atoms with Crippen LogP contribution in [0, 0.1) is 6.92 Å². The topological polar surface area (TPSA) is 75.1 Å². The molecule has 0 aliphatic heterocycles. The van der Waals surface area contributed by atoms with Crippen LogP contribution in [-0.4, -0.2) is 43.5 Å². The largest absolute Gasteiger partial charge is 0.491 e. The number of benzene rings is 2. The summed E-state index contributed by atoms with van der Waals surface area (Å²) in [6.45, 7) is 2.07. The van der Waals surface area contributed by atoms with Crippen molar-refractivity contribution in [2.45, 2.75) is 33.1 Å². The Kier molecular flexibility index (Phi) is 12.1. The van der Waals surface area contributed by atoms with Crippen molar-refractivity contribution in [3.63, 3.8) is 0 Å². The normalized spacial score (nSPS) is 12.1. The molecular weight excluding hydrogens is 507 g/mol. The molecule has 0 radical (unpaired) electrons. The minimum atomic E-state index is -2.89. The lowest BCUT2D eigenvalue weighted by Crippen LogP contribution is -2.42. The zero-order chi connectivity index (χ0) is 21.1. The van der Waals surface area contributed by atoms with Gasteiger partial charge in [0.1, 0.15) is 24.2 Å². The number of aryl methyl sites for hydroxylation is 1. The monoisotopic (exact) mass is 535 g/mol. The standard InChI is InChI=1S/C21H27F2N3O3.HI/c1-3-24-21(25-12-16-8-4-5-10-19(16)29-20(22)23)26-13-17(27)14-28-18-9-6-7-15(2)11-18;/h4-11,17,20,27H,3,12-14H2,1-2H3,(H2,24,25,26);1H. The number of alkyl halides is 2. The van der Waals surface area contributed by atoms with Crippen molar-refractivity contribution in [1.82, 2.24) is 10.6 Å². The van der Waals surface area contributed by atoms with Crippen molar-refractivity contribution in [2.24, 2.45) is 4.99 Å². The zero-order valence-corrected chi connectivity index (χ0v) is 19.3. The molecule has 0 spiro atoms. The molecular formula is C21H28F2IN3O3. The molecule has 0 saturated heterocycles. The van der Waals surface area contributed by atoms with Crippen molar-refractivity contribution in [1.29, 1.82) is 0 Å². The van der Waals surface area contributed by atoms with Gasteiger partial charge in [0.15, 0.2) is 5.96 Å². The van der Waals surface area contributed by atoms with Crippen LogP contribution in [0.3, 0.4) is 0 Å². The summed E-state index contributed by atoms with van der Waals surface area (Å²) in [7, 11) is 0. The average Bonchev–Trinajstić information content (AvgIpc) is 2.69. The second-order valence-corrected chi connectivity index (χ2v) is 6.34. The Labute approximate surface area is 192 Å². The number of aliphatic hydroxyl groups excluding tert-OH is 1. The maximum Gasteiger partial charge on any atom is 0.387 e. The molecule has 6 nitrogen and oxygen atoms in total. The highest BCUT2D eigenvalue weighted by atomic mass is 127. The van der Waals surface area contributed by atoms with E-state index in [9.17, 15) is 13.9 Å². The molecule has 0 fully saturated rings. The van der Waals surface area contributed by atoms with Crippen molar-refractivity contribution >= 4 is 29.9 Å². The number of nitrogens with one attached hydrogen (secondary N) is 2. The first-order valence-corrected chi connectivity index (χ1v) is 9.40. The number of rotatable bonds is 10. The molecule has 30 heavy (non-hydrogen) atoms. The Morgan fingerprint density at radius 2 is 1.90 bits per heavy atom. The quantitative estimate of drug-likeness (QED) is 0.246. The number of aliphatic imine (C=N–C) groups is 1. The number of aliphatic hydroxyl groups is 1. The van der Waals surface area contributed by atoms with Gasteiger partial charge >= 0.3 is 6.61 Å². The number of nitrogens with zero attached hydrogens (tertiary/aromatic N) is 1. The predicted molar refractivity (Wildman–Crippen MR) is 124 cm³/mol. The summed E-state index contributed by atoms with van der Waals surface area (Å²) in [5.74, 6) is 1.24. The summed E-state index contributed by atoms with van der Waals surface area (Å²) in [5, 5.41) is 16.2. The van der Waals surface area contributed by atoms with Crippen LogP contribution in [-0.2, 0) is 6.54 Å². The highest BCUT2D eigenvalue weighted by Gasteiger charge is 2.10. The number of ether oxygens (including phenoxy) is 2. The number of guanidine groups is 1.